The first kappa shape index (κ1) is 26.9. The first-order chi connectivity index (χ1) is 18.6. The van der Waals surface area contributed by atoms with Crippen LogP contribution in [0.4, 0.5) is 0 Å². The number of Topliss-reactive ketones (excluding diaryl/α,β-unsaturated/α-hetero) is 2. The largest absolute Gasteiger partial charge is 0.497 e. The lowest BCUT2D eigenvalue weighted by atomic mass is 10.0. The Balaban J connectivity index is 1.91. The van der Waals surface area contributed by atoms with Crippen LogP contribution < -0.4 is 4.74 Å². The summed E-state index contributed by atoms with van der Waals surface area (Å²) in [7, 11) is 1.59. The number of rotatable bonds is 8. The average Bonchev–Trinajstić information content (AvgIpc) is 3.26. The summed E-state index contributed by atoms with van der Waals surface area (Å²) < 4.78 is 7.30. The highest BCUT2D eigenvalue weighted by Crippen LogP contribution is 2.34. The number of carbonyl (C=O) groups excluding carboxylic acids is 4. The van der Waals surface area contributed by atoms with E-state index in [1.807, 2.05) is 28.8 Å². The highest BCUT2D eigenvalue weighted by atomic mass is 16.7. The van der Waals surface area contributed by atoms with Gasteiger partial charge in [0.15, 0.2) is 0 Å². The predicted molar refractivity (Wildman–Crippen MR) is 146 cm³/mol. The molecule has 4 aromatic rings. The zero-order valence-corrected chi connectivity index (χ0v) is 22.0. The van der Waals surface area contributed by atoms with Gasteiger partial charge in [0.1, 0.15) is 17.2 Å². The monoisotopic (exact) mass is 527 g/mol. The van der Waals surface area contributed by atoms with Crippen LogP contribution in [0.2, 0.25) is 0 Å². The number of benzene rings is 3. The number of hydrogen-bond acceptors (Lipinski definition) is 9. The van der Waals surface area contributed by atoms with Crippen molar-refractivity contribution in [3.63, 3.8) is 0 Å². The van der Waals surface area contributed by atoms with Crippen molar-refractivity contribution in [2.75, 3.05) is 7.11 Å². The molecule has 1 heterocycles. The Morgan fingerprint density at radius 3 is 1.46 bits per heavy atom. The van der Waals surface area contributed by atoms with E-state index in [0.29, 0.717) is 27.6 Å². The Hall–Kier alpha value is -5.12. The van der Waals surface area contributed by atoms with Crippen molar-refractivity contribution in [1.29, 1.82) is 0 Å². The fraction of sp³-hybridized carbons (Fsp3) is 0.172. The van der Waals surface area contributed by atoms with Gasteiger partial charge in [-0.25, -0.2) is 9.59 Å². The summed E-state index contributed by atoms with van der Waals surface area (Å²) in [6.07, 6.45) is 0. The maximum absolute atomic E-state index is 13.0. The minimum atomic E-state index is -0.634. The summed E-state index contributed by atoms with van der Waals surface area (Å²) >= 11 is 0. The number of ketones is 2. The molecule has 0 bridgehead atoms. The topological polar surface area (TPSA) is 126 Å². The molecule has 0 atom stereocenters. The van der Waals surface area contributed by atoms with Gasteiger partial charge in [0.25, 0.3) is 0 Å². The highest BCUT2D eigenvalue weighted by Gasteiger charge is 2.19. The Morgan fingerprint density at radius 2 is 1.08 bits per heavy atom. The SMILES string of the molecule is COc1ccc(-n2c3ccc(C(=O)/C(C)=N/OC(C)=O)cc3c3cc(C(=O)/C(C)=N/OC(C)=O)ccc32)cc1. The molecule has 10 heteroatoms. The van der Waals surface area contributed by atoms with Crippen molar-refractivity contribution in [3.8, 4) is 11.4 Å². The van der Waals surface area contributed by atoms with Gasteiger partial charge in [-0.1, -0.05) is 10.3 Å². The minimum Gasteiger partial charge on any atom is -0.497 e. The van der Waals surface area contributed by atoms with Crippen LogP contribution in [-0.2, 0) is 19.3 Å². The quantitative estimate of drug-likeness (QED) is 0.136. The van der Waals surface area contributed by atoms with Gasteiger partial charge in [-0.3, -0.25) is 9.59 Å². The van der Waals surface area contributed by atoms with Crippen molar-refractivity contribution >= 4 is 56.7 Å². The highest BCUT2D eigenvalue weighted by molar-refractivity contribution is 6.46. The van der Waals surface area contributed by atoms with Crippen LogP contribution in [0.3, 0.4) is 0 Å². The molecule has 0 N–H and O–H groups in total. The van der Waals surface area contributed by atoms with Crippen LogP contribution >= 0.6 is 0 Å². The molecule has 3 aromatic carbocycles. The molecule has 0 unspecified atom stereocenters. The number of nitrogens with zero attached hydrogens (tertiary/aromatic N) is 3. The van der Waals surface area contributed by atoms with Gasteiger partial charge in [-0.05, 0) is 74.5 Å². The Morgan fingerprint density at radius 1 is 0.641 bits per heavy atom. The third-order valence-corrected chi connectivity index (χ3v) is 5.90. The summed E-state index contributed by atoms with van der Waals surface area (Å²) in [5, 5.41) is 8.62. The molecule has 39 heavy (non-hydrogen) atoms. The first-order valence-electron chi connectivity index (χ1n) is 11.9. The van der Waals surface area contributed by atoms with Crippen LogP contribution in [0.1, 0.15) is 48.4 Å². The van der Waals surface area contributed by atoms with Gasteiger partial charge in [-0.2, -0.15) is 0 Å². The van der Waals surface area contributed by atoms with E-state index in [0.717, 1.165) is 16.7 Å². The van der Waals surface area contributed by atoms with Gasteiger partial charge in [0.2, 0.25) is 11.6 Å². The number of ether oxygens (including phenoxy) is 1. The molecule has 0 aliphatic heterocycles. The van der Waals surface area contributed by atoms with Gasteiger partial charge < -0.3 is 19.0 Å². The second kappa shape index (κ2) is 11.1. The summed E-state index contributed by atoms with van der Waals surface area (Å²) in [5.74, 6) is -1.40. The van der Waals surface area contributed by atoms with Crippen LogP contribution in [0.15, 0.2) is 71.0 Å². The molecular formula is C29H25N3O7. The second-order valence-electron chi connectivity index (χ2n) is 8.67. The second-order valence-corrected chi connectivity index (χ2v) is 8.67. The van der Waals surface area contributed by atoms with Crippen LogP contribution in [0, 0.1) is 0 Å². The van der Waals surface area contributed by atoms with Crippen LogP contribution in [0.5, 0.6) is 5.75 Å². The minimum absolute atomic E-state index is 0.0108. The maximum Gasteiger partial charge on any atom is 0.331 e. The van der Waals surface area contributed by atoms with Crippen molar-refractivity contribution in [3.05, 3.63) is 71.8 Å². The van der Waals surface area contributed by atoms with E-state index >= 15 is 0 Å². The van der Waals surface area contributed by atoms with Crippen LogP contribution in [-0.4, -0.2) is 46.6 Å². The molecule has 198 valence electrons. The standard InChI is InChI=1S/C29H25N3O7/c1-16(30-38-18(3)33)28(35)20-6-12-26-24(14-20)25-15-21(29(36)17(2)31-39-19(4)34)7-13-27(25)32(26)22-8-10-23(37-5)11-9-22/h6-15H,1-5H3/b30-16+,31-17+. The van der Waals surface area contributed by atoms with E-state index in [1.54, 1.807) is 43.5 Å². The third kappa shape index (κ3) is 5.59. The molecule has 0 amide bonds. The fourth-order valence-corrected chi connectivity index (χ4v) is 4.08. The number of carbonyl (C=O) groups is 4. The van der Waals surface area contributed by atoms with Gasteiger partial charge in [-0.15, -0.1) is 0 Å². The van der Waals surface area contributed by atoms with Crippen molar-refractivity contribution in [2.45, 2.75) is 27.7 Å². The van der Waals surface area contributed by atoms with Gasteiger partial charge in [0, 0.05) is 41.4 Å². The van der Waals surface area contributed by atoms with E-state index in [4.69, 9.17) is 4.74 Å². The lowest BCUT2D eigenvalue weighted by Crippen LogP contribution is -2.12. The van der Waals surface area contributed by atoms with Crippen molar-refractivity contribution < 1.29 is 33.6 Å². The summed E-state index contributed by atoms with van der Waals surface area (Å²) in [4.78, 5) is 57.5. The fourth-order valence-electron chi connectivity index (χ4n) is 4.08. The summed E-state index contributed by atoms with van der Waals surface area (Å²) in [5.41, 5.74) is 3.10. The number of methoxy groups -OCH3 is 1. The van der Waals surface area contributed by atoms with E-state index in [2.05, 4.69) is 20.0 Å². The zero-order chi connectivity index (χ0) is 28.3. The van der Waals surface area contributed by atoms with Crippen molar-refractivity contribution in [1.82, 2.24) is 4.57 Å². The van der Waals surface area contributed by atoms with Gasteiger partial charge >= 0.3 is 11.9 Å². The molecule has 0 spiro atoms. The lowest BCUT2D eigenvalue weighted by Gasteiger charge is -2.09. The Kier molecular flexibility index (Phi) is 7.66. The number of aromatic nitrogens is 1. The normalized spacial score (nSPS) is 11.9. The summed E-state index contributed by atoms with van der Waals surface area (Å²) in [6.45, 7) is 5.30. The maximum atomic E-state index is 13.0. The van der Waals surface area contributed by atoms with Crippen LogP contribution in [0.25, 0.3) is 27.5 Å². The zero-order valence-electron chi connectivity index (χ0n) is 22.0. The molecule has 4 rings (SSSR count). The van der Waals surface area contributed by atoms with E-state index in [9.17, 15) is 19.2 Å². The Bertz CT molecular complexity index is 1590. The molecular weight excluding hydrogens is 502 g/mol. The first-order valence-corrected chi connectivity index (χ1v) is 11.9. The van der Waals surface area contributed by atoms with Crippen molar-refractivity contribution in [2.24, 2.45) is 10.3 Å². The molecule has 0 aliphatic carbocycles. The average molecular weight is 528 g/mol. The Labute approximate surface area is 223 Å². The molecule has 0 fully saturated rings. The van der Waals surface area contributed by atoms with Gasteiger partial charge in [0.05, 0.1) is 18.1 Å². The predicted octanol–water partition coefficient (Wildman–Crippen LogP) is 5.04. The third-order valence-electron chi connectivity index (χ3n) is 5.90. The molecule has 1 aromatic heterocycles. The number of fused-ring (bicyclic) bond motifs is 3. The van der Waals surface area contributed by atoms with E-state index in [1.165, 1.54) is 27.7 Å². The molecule has 0 saturated heterocycles. The van der Waals surface area contributed by atoms with E-state index in [-0.39, 0.29) is 11.4 Å². The molecule has 10 nitrogen and oxygen atoms in total. The van der Waals surface area contributed by atoms with E-state index < -0.39 is 23.5 Å². The number of oxime groups is 2. The molecule has 0 aliphatic rings. The smallest absolute Gasteiger partial charge is 0.331 e. The molecule has 0 saturated carbocycles. The lowest BCUT2D eigenvalue weighted by molar-refractivity contribution is -0.141. The summed E-state index contributed by atoms with van der Waals surface area (Å²) in [6, 6.07) is 17.8. The molecule has 0 radical (unpaired) electrons. The number of hydrogen-bond donors (Lipinski definition) is 0.